The molecule has 0 aliphatic carbocycles. The second kappa shape index (κ2) is 2.35. The highest BCUT2D eigenvalue weighted by atomic mass is 16.1. The molecule has 0 radical (unpaired) electrons. The number of rotatable bonds is 2. The molecule has 3 nitrogen and oxygen atoms in total. The summed E-state index contributed by atoms with van der Waals surface area (Å²) in [6, 6.07) is 0. The SMILES string of the molecule is O=CCC1=CC(=O)C=N1. The summed E-state index contributed by atoms with van der Waals surface area (Å²) in [7, 11) is 0. The third-order valence-corrected chi connectivity index (χ3v) is 0.959. The van der Waals surface area contributed by atoms with Crippen molar-refractivity contribution in [3.05, 3.63) is 11.8 Å². The molecule has 0 bridgehead atoms. The highest BCUT2D eigenvalue weighted by molar-refractivity contribution is 6.35. The molecule has 0 aromatic rings. The van der Waals surface area contributed by atoms with Gasteiger partial charge in [0.15, 0.2) is 5.78 Å². The molecule has 0 spiro atoms. The van der Waals surface area contributed by atoms with Gasteiger partial charge >= 0.3 is 0 Å². The summed E-state index contributed by atoms with van der Waals surface area (Å²) < 4.78 is 0. The minimum Gasteiger partial charge on any atom is -0.303 e. The van der Waals surface area contributed by atoms with Gasteiger partial charge in [-0.25, -0.2) is 0 Å². The summed E-state index contributed by atoms with van der Waals surface area (Å²) in [6.45, 7) is 0. The molecule has 0 saturated carbocycles. The van der Waals surface area contributed by atoms with Gasteiger partial charge in [-0.05, 0) is 0 Å². The zero-order valence-electron chi connectivity index (χ0n) is 4.70. The molecule has 1 heterocycles. The molecule has 9 heavy (non-hydrogen) atoms. The Morgan fingerprint density at radius 1 is 1.67 bits per heavy atom. The summed E-state index contributed by atoms with van der Waals surface area (Å²) in [5.74, 6) is -0.133. The van der Waals surface area contributed by atoms with E-state index in [-0.39, 0.29) is 12.2 Å². The van der Waals surface area contributed by atoms with Crippen molar-refractivity contribution in [2.45, 2.75) is 6.42 Å². The second-order valence-electron chi connectivity index (χ2n) is 1.67. The maximum absolute atomic E-state index is 10.4. The van der Waals surface area contributed by atoms with E-state index >= 15 is 0 Å². The average molecular weight is 123 g/mol. The lowest BCUT2D eigenvalue weighted by Gasteiger charge is -1.82. The smallest absolute Gasteiger partial charge is 0.198 e. The van der Waals surface area contributed by atoms with E-state index in [1.165, 1.54) is 12.3 Å². The van der Waals surface area contributed by atoms with Crippen LogP contribution in [0.15, 0.2) is 16.8 Å². The monoisotopic (exact) mass is 123 g/mol. The molecule has 0 aromatic carbocycles. The lowest BCUT2D eigenvalue weighted by molar-refractivity contribution is -0.108. The third kappa shape index (κ3) is 1.32. The number of aliphatic imine (C=N–C) groups is 1. The largest absolute Gasteiger partial charge is 0.303 e. The van der Waals surface area contributed by atoms with E-state index in [9.17, 15) is 9.59 Å². The van der Waals surface area contributed by atoms with Crippen LogP contribution in [-0.2, 0) is 9.59 Å². The minimum atomic E-state index is -0.133. The van der Waals surface area contributed by atoms with E-state index in [4.69, 9.17) is 0 Å². The Morgan fingerprint density at radius 3 is 2.89 bits per heavy atom. The first-order valence-electron chi connectivity index (χ1n) is 2.55. The number of aldehydes is 1. The van der Waals surface area contributed by atoms with Crippen LogP contribution < -0.4 is 0 Å². The van der Waals surface area contributed by atoms with Crippen LogP contribution in [0.3, 0.4) is 0 Å². The van der Waals surface area contributed by atoms with E-state index in [0.717, 1.165) is 6.29 Å². The fraction of sp³-hybridized carbons (Fsp3) is 0.167. The summed E-state index contributed by atoms with van der Waals surface area (Å²) in [5.41, 5.74) is 0.551. The van der Waals surface area contributed by atoms with E-state index in [0.29, 0.717) is 5.70 Å². The fourth-order valence-corrected chi connectivity index (χ4v) is 0.582. The van der Waals surface area contributed by atoms with E-state index in [2.05, 4.69) is 4.99 Å². The van der Waals surface area contributed by atoms with Gasteiger partial charge in [0, 0.05) is 12.5 Å². The van der Waals surface area contributed by atoms with E-state index in [1.54, 1.807) is 0 Å². The van der Waals surface area contributed by atoms with Crippen molar-refractivity contribution in [3.63, 3.8) is 0 Å². The van der Waals surface area contributed by atoms with Crippen molar-refractivity contribution < 1.29 is 9.59 Å². The molecule has 1 aliphatic rings. The molecule has 1 rings (SSSR count). The topological polar surface area (TPSA) is 46.5 Å². The van der Waals surface area contributed by atoms with Crippen LogP contribution in [0.1, 0.15) is 6.42 Å². The molecule has 0 atom stereocenters. The Bertz CT molecular complexity index is 203. The van der Waals surface area contributed by atoms with Gasteiger partial charge in [0.25, 0.3) is 0 Å². The predicted octanol–water partition coefficient (Wildman–Crippen LogP) is 0.113. The molecule has 3 heteroatoms. The van der Waals surface area contributed by atoms with Crippen molar-refractivity contribution in [1.82, 2.24) is 0 Å². The lowest BCUT2D eigenvalue weighted by Crippen LogP contribution is -1.85. The number of nitrogens with zero attached hydrogens (tertiary/aromatic N) is 1. The number of allylic oxidation sites excluding steroid dienone is 2. The summed E-state index contributed by atoms with van der Waals surface area (Å²) in [6.07, 6.45) is 3.53. The van der Waals surface area contributed by atoms with Gasteiger partial charge in [0.1, 0.15) is 6.29 Å². The van der Waals surface area contributed by atoms with E-state index < -0.39 is 0 Å². The van der Waals surface area contributed by atoms with Crippen molar-refractivity contribution in [1.29, 1.82) is 0 Å². The summed E-state index contributed by atoms with van der Waals surface area (Å²) in [4.78, 5) is 23.9. The van der Waals surface area contributed by atoms with Gasteiger partial charge in [-0.2, -0.15) is 0 Å². The highest BCUT2D eigenvalue weighted by Gasteiger charge is 2.03. The Hall–Kier alpha value is -1.25. The molecule has 46 valence electrons. The average Bonchev–Trinajstić information content (AvgIpc) is 2.17. The van der Waals surface area contributed by atoms with Crippen molar-refractivity contribution in [3.8, 4) is 0 Å². The Kier molecular flexibility index (Phi) is 1.53. The Morgan fingerprint density at radius 2 is 2.44 bits per heavy atom. The van der Waals surface area contributed by atoms with Gasteiger partial charge in [0.05, 0.1) is 11.9 Å². The van der Waals surface area contributed by atoms with Gasteiger partial charge in [-0.1, -0.05) is 0 Å². The standard InChI is InChI=1S/C6H5NO2/c8-2-1-5-3-6(9)4-7-5/h2-4H,1H2. The second-order valence-corrected chi connectivity index (χ2v) is 1.67. The minimum absolute atomic E-state index is 0.133. The van der Waals surface area contributed by atoms with Gasteiger partial charge < -0.3 is 4.79 Å². The molecule has 1 aliphatic heterocycles. The van der Waals surface area contributed by atoms with Crippen LogP contribution in [0.25, 0.3) is 0 Å². The normalized spacial score (nSPS) is 16.0. The van der Waals surface area contributed by atoms with Gasteiger partial charge in [-0.15, -0.1) is 0 Å². The number of hydrogen-bond acceptors (Lipinski definition) is 3. The quantitative estimate of drug-likeness (QED) is 0.489. The van der Waals surface area contributed by atoms with E-state index in [1.807, 2.05) is 0 Å². The molecule has 0 fully saturated rings. The molecule has 0 amide bonds. The zero-order chi connectivity index (χ0) is 6.69. The molecule has 0 N–H and O–H groups in total. The van der Waals surface area contributed by atoms with Gasteiger partial charge in [0.2, 0.25) is 0 Å². The van der Waals surface area contributed by atoms with Crippen LogP contribution in [0.2, 0.25) is 0 Å². The third-order valence-electron chi connectivity index (χ3n) is 0.959. The predicted molar refractivity (Wildman–Crippen MR) is 32.3 cm³/mol. The number of carbonyl (C=O) groups is 2. The van der Waals surface area contributed by atoms with Crippen LogP contribution in [-0.4, -0.2) is 18.3 Å². The maximum atomic E-state index is 10.4. The van der Waals surface area contributed by atoms with Crippen molar-refractivity contribution in [2.24, 2.45) is 4.99 Å². The molecule has 0 saturated heterocycles. The first-order chi connectivity index (χ1) is 4.33. The van der Waals surface area contributed by atoms with Crippen LogP contribution in [0, 0.1) is 0 Å². The summed E-state index contributed by atoms with van der Waals surface area (Å²) >= 11 is 0. The van der Waals surface area contributed by atoms with Crippen molar-refractivity contribution in [2.75, 3.05) is 0 Å². The molecule has 0 unspecified atom stereocenters. The van der Waals surface area contributed by atoms with Crippen molar-refractivity contribution >= 4 is 18.3 Å². The molecular formula is C6H5NO2. The Balaban J connectivity index is 2.63. The molecular weight excluding hydrogens is 118 g/mol. The van der Waals surface area contributed by atoms with Gasteiger partial charge in [-0.3, -0.25) is 9.79 Å². The maximum Gasteiger partial charge on any atom is 0.198 e. The molecule has 0 aromatic heterocycles. The number of carbonyl (C=O) groups excluding carboxylic acids is 2. The summed E-state index contributed by atoms with van der Waals surface area (Å²) in [5, 5.41) is 0. The first-order valence-corrected chi connectivity index (χ1v) is 2.55. The highest BCUT2D eigenvalue weighted by Crippen LogP contribution is 2.04. The van der Waals surface area contributed by atoms with Crippen LogP contribution in [0.4, 0.5) is 0 Å². The number of ketones is 1. The zero-order valence-corrected chi connectivity index (χ0v) is 4.70. The lowest BCUT2D eigenvalue weighted by atomic mass is 10.3. The Labute approximate surface area is 52.1 Å². The van der Waals surface area contributed by atoms with Crippen LogP contribution >= 0.6 is 0 Å². The first kappa shape index (κ1) is 5.88. The fourth-order valence-electron chi connectivity index (χ4n) is 0.582. The number of hydrogen-bond donors (Lipinski definition) is 0. The van der Waals surface area contributed by atoms with Crippen LogP contribution in [0.5, 0.6) is 0 Å².